The Morgan fingerprint density at radius 2 is 1.72 bits per heavy atom. The second kappa shape index (κ2) is 10.2. The Morgan fingerprint density at radius 3 is 2.31 bits per heavy atom. The lowest BCUT2D eigenvalue weighted by Gasteiger charge is -2.29. The molecule has 1 saturated heterocycles. The molecule has 4 rings (SSSR count). The summed E-state index contributed by atoms with van der Waals surface area (Å²) in [6.07, 6.45) is 4.74. The molecule has 0 radical (unpaired) electrons. The summed E-state index contributed by atoms with van der Waals surface area (Å²) < 4.78 is 6.87. The maximum Gasteiger partial charge on any atom is 0.224 e. The Balaban J connectivity index is 1.71. The van der Waals surface area contributed by atoms with Gasteiger partial charge in [0, 0.05) is 42.6 Å². The highest BCUT2D eigenvalue weighted by Crippen LogP contribution is 2.46. The van der Waals surface area contributed by atoms with Gasteiger partial charge in [0.15, 0.2) is 0 Å². The van der Waals surface area contributed by atoms with Gasteiger partial charge >= 0.3 is 0 Å². The van der Waals surface area contributed by atoms with Crippen LogP contribution in [0.5, 0.6) is 5.75 Å². The largest absolute Gasteiger partial charge is 0.485 e. The molecular formula is C32H46N2O2. The zero-order valence-electron chi connectivity index (χ0n) is 23.8. The number of carbonyl (C=O) groups excluding carboxylic acids is 1. The van der Waals surface area contributed by atoms with Crippen molar-refractivity contribution in [3.05, 3.63) is 57.6 Å². The van der Waals surface area contributed by atoms with E-state index in [4.69, 9.17) is 4.74 Å². The van der Waals surface area contributed by atoms with Crippen LogP contribution in [0.15, 0.2) is 24.3 Å². The number of carbonyl (C=O) groups is 1. The fraction of sp³-hybridized carbons (Fsp3) is 0.594. The molecule has 2 aromatic rings. The standard InChI is InChI=1S/C32H46N2O2/c1-21(2)25-13-11-24(12-14-25)17-26-22(3)29(33-28(35)19-31(5,6)7)23(4)27-18-32(8,36-30(26)27)20-34-15-9-10-16-34/h11-14,21H,9-10,15-20H2,1-8H3,(H,33,35). The van der Waals surface area contributed by atoms with E-state index < -0.39 is 0 Å². The number of rotatable bonds is 7. The number of ether oxygens (including phenoxy) is 1. The Labute approximate surface area is 218 Å². The molecule has 0 aliphatic carbocycles. The zero-order valence-corrected chi connectivity index (χ0v) is 23.8. The van der Waals surface area contributed by atoms with E-state index >= 15 is 0 Å². The number of amides is 1. The third-order valence-corrected chi connectivity index (χ3v) is 7.84. The van der Waals surface area contributed by atoms with Crippen molar-refractivity contribution in [1.82, 2.24) is 4.90 Å². The average Bonchev–Trinajstić information content (AvgIpc) is 3.41. The maximum atomic E-state index is 13.0. The normalized spacial score (nSPS) is 20.0. The summed E-state index contributed by atoms with van der Waals surface area (Å²) in [5, 5.41) is 3.31. The summed E-state index contributed by atoms with van der Waals surface area (Å²) in [5.74, 6) is 1.65. The van der Waals surface area contributed by atoms with Gasteiger partial charge < -0.3 is 10.1 Å². The van der Waals surface area contributed by atoms with E-state index in [0.29, 0.717) is 12.3 Å². The minimum absolute atomic E-state index is 0.0545. The zero-order chi connectivity index (χ0) is 26.3. The Hall–Kier alpha value is -2.33. The second-order valence-corrected chi connectivity index (χ2v) is 13.0. The summed E-state index contributed by atoms with van der Waals surface area (Å²) in [5.41, 5.74) is 8.08. The molecule has 2 aliphatic heterocycles. The van der Waals surface area contributed by atoms with Crippen molar-refractivity contribution < 1.29 is 9.53 Å². The van der Waals surface area contributed by atoms with Gasteiger partial charge in [0.1, 0.15) is 11.4 Å². The molecule has 1 unspecified atom stereocenters. The van der Waals surface area contributed by atoms with Crippen LogP contribution in [0.1, 0.15) is 100 Å². The van der Waals surface area contributed by atoms with Gasteiger partial charge in [-0.3, -0.25) is 9.69 Å². The highest BCUT2D eigenvalue weighted by atomic mass is 16.5. The number of hydrogen-bond acceptors (Lipinski definition) is 3. The fourth-order valence-corrected chi connectivity index (χ4v) is 5.89. The van der Waals surface area contributed by atoms with E-state index in [-0.39, 0.29) is 16.9 Å². The number of anilines is 1. The summed E-state index contributed by atoms with van der Waals surface area (Å²) in [6.45, 7) is 20.6. The molecule has 1 amide bonds. The van der Waals surface area contributed by atoms with Crippen LogP contribution in [0.4, 0.5) is 5.69 Å². The van der Waals surface area contributed by atoms with Crippen LogP contribution in [0.3, 0.4) is 0 Å². The molecule has 36 heavy (non-hydrogen) atoms. The number of hydrogen-bond donors (Lipinski definition) is 1. The van der Waals surface area contributed by atoms with Gasteiger partial charge in [-0.15, -0.1) is 0 Å². The predicted octanol–water partition coefficient (Wildman–Crippen LogP) is 7.18. The van der Waals surface area contributed by atoms with E-state index in [2.05, 4.69) is 89.9 Å². The minimum atomic E-state index is -0.242. The molecule has 2 aromatic carbocycles. The van der Waals surface area contributed by atoms with Crippen LogP contribution in [-0.2, 0) is 17.6 Å². The van der Waals surface area contributed by atoms with Crippen LogP contribution in [0.25, 0.3) is 0 Å². The molecule has 196 valence electrons. The molecule has 1 fully saturated rings. The third kappa shape index (κ3) is 5.96. The van der Waals surface area contributed by atoms with Gasteiger partial charge in [-0.2, -0.15) is 0 Å². The number of likely N-dealkylation sites (tertiary alicyclic amines) is 1. The van der Waals surface area contributed by atoms with Crippen LogP contribution in [0.2, 0.25) is 0 Å². The van der Waals surface area contributed by atoms with E-state index in [9.17, 15) is 4.79 Å². The van der Waals surface area contributed by atoms with Gasteiger partial charge in [0.2, 0.25) is 5.91 Å². The molecule has 4 nitrogen and oxygen atoms in total. The van der Waals surface area contributed by atoms with Crippen molar-refractivity contribution in [2.45, 2.75) is 99.0 Å². The summed E-state index contributed by atoms with van der Waals surface area (Å²) in [6, 6.07) is 8.98. The summed E-state index contributed by atoms with van der Waals surface area (Å²) in [4.78, 5) is 15.6. The maximum absolute atomic E-state index is 13.0. The predicted molar refractivity (Wildman–Crippen MR) is 150 cm³/mol. The molecule has 4 heteroatoms. The van der Waals surface area contributed by atoms with Crippen LogP contribution >= 0.6 is 0 Å². The van der Waals surface area contributed by atoms with Gasteiger partial charge in [-0.05, 0) is 80.3 Å². The fourth-order valence-electron chi connectivity index (χ4n) is 5.89. The van der Waals surface area contributed by atoms with Crippen LogP contribution in [0, 0.1) is 19.3 Å². The lowest BCUT2D eigenvalue weighted by atomic mass is 9.88. The first-order valence-corrected chi connectivity index (χ1v) is 13.8. The number of fused-ring (bicyclic) bond motifs is 1. The van der Waals surface area contributed by atoms with E-state index in [1.807, 2.05) is 0 Å². The third-order valence-electron chi connectivity index (χ3n) is 7.84. The Bertz CT molecular complexity index is 1100. The first-order valence-electron chi connectivity index (χ1n) is 13.8. The number of nitrogens with zero attached hydrogens (tertiary/aromatic N) is 1. The van der Waals surface area contributed by atoms with Crippen molar-refractivity contribution >= 4 is 11.6 Å². The van der Waals surface area contributed by atoms with Crippen molar-refractivity contribution in [2.24, 2.45) is 5.41 Å². The molecule has 2 heterocycles. The highest BCUT2D eigenvalue weighted by molar-refractivity contribution is 5.93. The molecule has 1 atom stereocenters. The molecule has 0 aromatic heterocycles. The SMILES string of the molecule is Cc1c(Cc2ccc(C(C)C)cc2)c2c(c(C)c1NC(=O)CC(C)(C)C)CC(C)(CN1CCCC1)O2. The van der Waals surface area contributed by atoms with Gasteiger partial charge in [0.25, 0.3) is 0 Å². The van der Waals surface area contributed by atoms with Gasteiger partial charge in [0.05, 0.1) is 0 Å². The van der Waals surface area contributed by atoms with Gasteiger partial charge in [-0.1, -0.05) is 58.9 Å². The minimum Gasteiger partial charge on any atom is -0.485 e. The Morgan fingerprint density at radius 1 is 1.08 bits per heavy atom. The molecule has 1 N–H and O–H groups in total. The van der Waals surface area contributed by atoms with Crippen LogP contribution < -0.4 is 10.1 Å². The van der Waals surface area contributed by atoms with Gasteiger partial charge in [-0.25, -0.2) is 0 Å². The molecule has 0 spiro atoms. The first kappa shape index (κ1) is 26.7. The number of nitrogens with one attached hydrogen (secondary N) is 1. The first-order chi connectivity index (χ1) is 16.8. The average molecular weight is 491 g/mol. The second-order valence-electron chi connectivity index (χ2n) is 13.0. The Kier molecular flexibility index (Phi) is 7.57. The quantitative estimate of drug-likeness (QED) is 0.447. The lowest BCUT2D eigenvalue weighted by Crippen LogP contribution is -2.43. The monoisotopic (exact) mass is 490 g/mol. The summed E-state index contributed by atoms with van der Waals surface area (Å²) in [7, 11) is 0. The number of benzene rings is 2. The van der Waals surface area contributed by atoms with Crippen molar-refractivity contribution in [1.29, 1.82) is 0 Å². The summed E-state index contributed by atoms with van der Waals surface area (Å²) >= 11 is 0. The molecule has 2 aliphatic rings. The molecule has 0 saturated carbocycles. The van der Waals surface area contributed by atoms with Crippen LogP contribution in [-0.4, -0.2) is 36.0 Å². The van der Waals surface area contributed by atoms with Crippen molar-refractivity contribution in [2.75, 3.05) is 25.0 Å². The smallest absolute Gasteiger partial charge is 0.224 e. The van der Waals surface area contributed by atoms with E-state index in [1.165, 1.54) is 35.1 Å². The molecular weight excluding hydrogens is 444 g/mol. The topological polar surface area (TPSA) is 41.6 Å². The molecule has 0 bridgehead atoms. The highest BCUT2D eigenvalue weighted by Gasteiger charge is 2.40. The van der Waals surface area contributed by atoms with Crippen molar-refractivity contribution in [3.63, 3.8) is 0 Å². The van der Waals surface area contributed by atoms with E-state index in [1.54, 1.807) is 0 Å². The van der Waals surface area contributed by atoms with E-state index in [0.717, 1.165) is 55.0 Å². The van der Waals surface area contributed by atoms with Crippen molar-refractivity contribution in [3.8, 4) is 5.75 Å². The lowest BCUT2D eigenvalue weighted by molar-refractivity contribution is -0.117.